The summed E-state index contributed by atoms with van der Waals surface area (Å²) in [5, 5.41) is 3.95. The number of rotatable bonds is 5. The number of nitrogens with one attached hydrogen (secondary N) is 1. The number of methoxy groups -OCH3 is 2. The molecule has 2 aromatic heterocycles. The number of piperidine rings is 1. The van der Waals surface area contributed by atoms with Gasteiger partial charge in [-0.1, -0.05) is 0 Å². The van der Waals surface area contributed by atoms with Gasteiger partial charge >= 0.3 is 0 Å². The Hall–Kier alpha value is -3.29. The zero-order valence-electron chi connectivity index (χ0n) is 18.6. The number of carbonyl (C=O) groups excluding carboxylic acids is 1. The van der Waals surface area contributed by atoms with Crippen molar-refractivity contribution in [1.29, 1.82) is 0 Å². The summed E-state index contributed by atoms with van der Waals surface area (Å²) in [6.45, 7) is 7.24. The van der Waals surface area contributed by atoms with Crippen LogP contribution in [0.3, 0.4) is 0 Å². The molecule has 4 rings (SSSR count). The first-order valence-corrected chi connectivity index (χ1v) is 10.4. The second kappa shape index (κ2) is 8.45. The van der Waals surface area contributed by atoms with Crippen LogP contribution in [0, 0.1) is 26.7 Å². The van der Waals surface area contributed by atoms with Crippen LogP contribution in [0.4, 0.5) is 11.5 Å². The van der Waals surface area contributed by atoms with E-state index < -0.39 is 0 Å². The molecular weight excluding hydrogens is 396 g/mol. The Morgan fingerprint density at radius 1 is 1.13 bits per heavy atom. The van der Waals surface area contributed by atoms with Gasteiger partial charge in [0.1, 0.15) is 28.9 Å². The minimum atomic E-state index is -0.162. The summed E-state index contributed by atoms with van der Waals surface area (Å²) in [5.74, 6) is 3.42. The van der Waals surface area contributed by atoms with Crippen LogP contribution < -0.4 is 19.7 Å². The van der Waals surface area contributed by atoms with Crippen LogP contribution in [-0.2, 0) is 4.79 Å². The molecule has 1 aromatic carbocycles. The lowest BCUT2D eigenvalue weighted by Crippen LogP contribution is -2.41. The molecule has 3 aromatic rings. The van der Waals surface area contributed by atoms with Crippen LogP contribution in [-0.4, -0.2) is 43.2 Å². The van der Waals surface area contributed by atoms with E-state index in [1.54, 1.807) is 32.4 Å². The topological polar surface area (TPSA) is 89.7 Å². The number of carbonyl (C=O) groups is 1. The molecular formula is C23H28N4O4. The monoisotopic (exact) mass is 424 g/mol. The number of fused-ring (bicyclic) bond motifs is 1. The lowest BCUT2D eigenvalue weighted by molar-refractivity contribution is -0.120. The molecule has 31 heavy (non-hydrogen) atoms. The first kappa shape index (κ1) is 21.0. The smallest absolute Gasteiger partial charge is 0.231 e. The fourth-order valence-corrected chi connectivity index (χ4v) is 4.07. The lowest BCUT2D eigenvalue weighted by atomic mass is 9.96. The van der Waals surface area contributed by atoms with Crippen molar-refractivity contribution in [3.05, 3.63) is 35.3 Å². The van der Waals surface area contributed by atoms with Crippen LogP contribution in [0.5, 0.6) is 11.5 Å². The molecule has 164 valence electrons. The fourth-order valence-electron chi connectivity index (χ4n) is 4.07. The van der Waals surface area contributed by atoms with Crippen molar-refractivity contribution in [2.75, 3.05) is 37.5 Å². The van der Waals surface area contributed by atoms with Gasteiger partial charge in [-0.2, -0.15) is 4.98 Å². The van der Waals surface area contributed by atoms with E-state index in [4.69, 9.17) is 18.9 Å². The second-order valence-electron chi connectivity index (χ2n) is 7.93. The van der Waals surface area contributed by atoms with Gasteiger partial charge in [-0.15, -0.1) is 0 Å². The SMILES string of the molecule is COc1cc(NC(=O)[C@H]2CCCN(c3nc(C)nc4oc(C)c(C)c34)C2)cc(OC)c1. The molecule has 1 saturated heterocycles. The van der Waals surface area contributed by atoms with E-state index in [9.17, 15) is 4.79 Å². The maximum atomic E-state index is 13.1. The van der Waals surface area contributed by atoms with Gasteiger partial charge in [0.2, 0.25) is 11.6 Å². The van der Waals surface area contributed by atoms with E-state index >= 15 is 0 Å². The van der Waals surface area contributed by atoms with Crippen LogP contribution >= 0.6 is 0 Å². The van der Waals surface area contributed by atoms with Crippen molar-refractivity contribution in [2.24, 2.45) is 5.92 Å². The van der Waals surface area contributed by atoms with Crippen LogP contribution in [0.2, 0.25) is 0 Å². The minimum Gasteiger partial charge on any atom is -0.497 e. The molecule has 3 heterocycles. The molecule has 1 fully saturated rings. The third kappa shape index (κ3) is 4.15. The zero-order chi connectivity index (χ0) is 22.1. The summed E-state index contributed by atoms with van der Waals surface area (Å²) in [6.07, 6.45) is 1.72. The van der Waals surface area contributed by atoms with Crippen molar-refractivity contribution in [3.8, 4) is 11.5 Å². The maximum Gasteiger partial charge on any atom is 0.231 e. The van der Waals surface area contributed by atoms with Gasteiger partial charge in [0.15, 0.2) is 0 Å². The van der Waals surface area contributed by atoms with E-state index in [2.05, 4.69) is 15.2 Å². The molecule has 1 amide bonds. The third-order valence-corrected chi connectivity index (χ3v) is 5.83. The Kier molecular flexibility index (Phi) is 5.71. The number of hydrogen-bond acceptors (Lipinski definition) is 7. The van der Waals surface area contributed by atoms with E-state index in [0.29, 0.717) is 35.3 Å². The second-order valence-corrected chi connectivity index (χ2v) is 7.93. The summed E-state index contributed by atoms with van der Waals surface area (Å²) >= 11 is 0. The number of anilines is 2. The van der Waals surface area contributed by atoms with Crippen molar-refractivity contribution >= 4 is 28.5 Å². The number of furan rings is 1. The molecule has 1 aliphatic heterocycles. The predicted octanol–water partition coefficient (Wildman–Crippen LogP) is 4.02. The molecule has 0 aliphatic carbocycles. The van der Waals surface area contributed by atoms with Crippen molar-refractivity contribution < 1.29 is 18.7 Å². The lowest BCUT2D eigenvalue weighted by Gasteiger charge is -2.33. The average molecular weight is 425 g/mol. The van der Waals surface area contributed by atoms with E-state index in [1.807, 2.05) is 20.8 Å². The Bertz CT molecular complexity index is 1100. The molecule has 0 unspecified atom stereocenters. The summed E-state index contributed by atoms with van der Waals surface area (Å²) in [6, 6.07) is 5.35. The molecule has 0 saturated carbocycles. The quantitative estimate of drug-likeness (QED) is 0.662. The van der Waals surface area contributed by atoms with Gasteiger partial charge in [0.25, 0.3) is 0 Å². The zero-order valence-corrected chi connectivity index (χ0v) is 18.6. The van der Waals surface area contributed by atoms with Gasteiger partial charge in [0.05, 0.1) is 25.5 Å². The molecule has 0 radical (unpaired) electrons. The van der Waals surface area contributed by atoms with Crippen molar-refractivity contribution in [3.63, 3.8) is 0 Å². The van der Waals surface area contributed by atoms with E-state index in [0.717, 1.165) is 41.9 Å². The van der Waals surface area contributed by atoms with Gasteiger partial charge < -0.3 is 24.1 Å². The van der Waals surface area contributed by atoms with Crippen LogP contribution in [0.15, 0.2) is 22.6 Å². The normalized spacial score (nSPS) is 16.4. The van der Waals surface area contributed by atoms with Gasteiger partial charge in [-0.3, -0.25) is 4.79 Å². The standard InChI is InChI=1S/C23H28N4O4/c1-13-14(2)31-23-20(13)21(24-15(3)25-23)27-8-6-7-16(12-27)22(28)26-17-9-18(29-4)11-19(10-17)30-5/h9-11,16H,6-8,12H2,1-5H3,(H,26,28)/t16-/m0/s1. The van der Waals surface area contributed by atoms with Gasteiger partial charge in [-0.05, 0) is 33.6 Å². The molecule has 1 N–H and O–H groups in total. The number of nitrogens with zero attached hydrogens (tertiary/aromatic N) is 3. The highest BCUT2D eigenvalue weighted by Crippen LogP contribution is 2.34. The summed E-state index contributed by atoms with van der Waals surface area (Å²) in [7, 11) is 3.17. The third-order valence-electron chi connectivity index (χ3n) is 5.83. The average Bonchev–Trinajstić information content (AvgIpc) is 3.05. The van der Waals surface area contributed by atoms with Crippen LogP contribution in [0.25, 0.3) is 11.1 Å². The van der Waals surface area contributed by atoms with Gasteiger partial charge in [0, 0.05) is 42.5 Å². The number of amides is 1. The van der Waals surface area contributed by atoms with Gasteiger partial charge in [-0.25, -0.2) is 4.98 Å². The van der Waals surface area contributed by atoms with Crippen LogP contribution in [0.1, 0.15) is 30.0 Å². The number of aryl methyl sites for hydroxylation is 3. The summed E-state index contributed by atoms with van der Waals surface area (Å²) in [4.78, 5) is 24.4. The predicted molar refractivity (Wildman–Crippen MR) is 119 cm³/mol. The Labute approximate surface area is 181 Å². The molecule has 0 bridgehead atoms. The molecule has 1 aliphatic rings. The number of aromatic nitrogens is 2. The molecule has 8 heteroatoms. The highest BCUT2D eigenvalue weighted by Gasteiger charge is 2.29. The van der Waals surface area contributed by atoms with Crippen molar-refractivity contribution in [1.82, 2.24) is 9.97 Å². The number of hydrogen-bond donors (Lipinski definition) is 1. The first-order valence-electron chi connectivity index (χ1n) is 10.4. The first-order chi connectivity index (χ1) is 14.9. The summed E-state index contributed by atoms with van der Waals surface area (Å²) in [5.41, 5.74) is 2.30. The largest absolute Gasteiger partial charge is 0.497 e. The van der Waals surface area contributed by atoms with Crippen molar-refractivity contribution in [2.45, 2.75) is 33.6 Å². The Morgan fingerprint density at radius 3 is 2.52 bits per heavy atom. The molecule has 1 atom stereocenters. The molecule has 8 nitrogen and oxygen atoms in total. The fraction of sp³-hybridized carbons (Fsp3) is 0.435. The highest BCUT2D eigenvalue weighted by molar-refractivity contribution is 5.94. The maximum absolute atomic E-state index is 13.1. The summed E-state index contributed by atoms with van der Waals surface area (Å²) < 4.78 is 16.4. The Morgan fingerprint density at radius 2 is 1.84 bits per heavy atom. The minimum absolute atomic E-state index is 0.0258. The number of benzene rings is 1. The Balaban J connectivity index is 1.57. The molecule has 0 spiro atoms. The highest BCUT2D eigenvalue weighted by atomic mass is 16.5. The number of ether oxygens (including phenoxy) is 2. The van der Waals surface area contributed by atoms with E-state index in [-0.39, 0.29) is 11.8 Å². The van der Waals surface area contributed by atoms with E-state index in [1.165, 1.54) is 0 Å².